The average Bonchev–Trinajstić information content (AvgIpc) is 3.07. The van der Waals surface area contributed by atoms with Crippen molar-refractivity contribution in [1.82, 2.24) is 4.57 Å². The summed E-state index contributed by atoms with van der Waals surface area (Å²) in [7, 11) is 2.16. The van der Waals surface area contributed by atoms with Gasteiger partial charge in [-0.05, 0) is 37.5 Å². The molecule has 2 aliphatic rings. The largest absolute Gasteiger partial charge is 0.345 e. The Hall–Kier alpha value is -0.870. The van der Waals surface area contributed by atoms with Gasteiger partial charge >= 0.3 is 0 Å². The number of hydrogen-bond acceptors (Lipinski definition) is 3. The Morgan fingerprint density at radius 1 is 1.23 bits per heavy atom. The molecule has 0 amide bonds. The number of hydrogen-bond donors (Lipinski definition) is 0. The highest BCUT2D eigenvalue weighted by atomic mass is 32.2. The fourth-order valence-corrected chi connectivity index (χ4v) is 7.89. The molecule has 1 saturated carbocycles. The van der Waals surface area contributed by atoms with Gasteiger partial charge in [0.2, 0.25) is 0 Å². The molecule has 2 aliphatic carbocycles. The van der Waals surface area contributed by atoms with Crippen LogP contribution in [0.3, 0.4) is 0 Å². The Kier molecular flexibility index (Phi) is 3.06. The first-order valence-corrected chi connectivity index (χ1v) is 10.2. The van der Waals surface area contributed by atoms with Crippen molar-refractivity contribution in [2.75, 3.05) is 12.5 Å². The molecule has 0 unspecified atom stereocenters. The minimum absolute atomic E-state index is 0.172. The number of benzene rings is 1. The van der Waals surface area contributed by atoms with Crippen molar-refractivity contribution in [3.05, 3.63) is 35.5 Å². The fraction of sp³-hybridized carbons (Fsp3) is 0.500. The number of Topliss-reactive ketones (excluding diaryl/α,β-unsaturated/α-hetero) is 1. The lowest BCUT2D eigenvalue weighted by Gasteiger charge is -2.41. The third-order valence-corrected chi connectivity index (χ3v) is 9.39. The van der Waals surface area contributed by atoms with Gasteiger partial charge in [-0.25, -0.2) is 0 Å². The van der Waals surface area contributed by atoms with Crippen LogP contribution in [0.25, 0.3) is 10.9 Å². The van der Waals surface area contributed by atoms with E-state index in [1.807, 2.05) is 23.5 Å². The molecule has 0 aliphatic heterocycles. The number of para-hydroxylation sites is 1. The summed E-state index contributed by atoms with van der Waals surface area (Å²) in [6.45, 7) is 2.22. The summed E-state index contributed by atoms with van der Waals surface area (Å²) in [6, 6.07) is 8.66. The summed E-state index contributed by atoms with van der Waals surface area (Å²) < 4.78 is 2.17. The van der Waals surface area contributed by atoms with E-state index in [2.05, 4.69) is 55.3 Å². The smallest absolute Gasteiger partial charge is 0.142 e. The molecule has 0 bridgehead atoms. The second-order valence-electron chi connectivity index (χ2n) is 6.58. The zero-order chi connectivity index (χ0) is 15.7. The molecule has 0 saturated heterocycles. The van der Waals surface area contributed by atoms with Gasteiger partial charge in [-0.3, -0.25) is 4.79 Å². The summed E-state index contributed by atoms with van der Waals surface area (Å²) in [6.07, 6.45) is 6.06. The van der Waals surface area contributed by atoms with Crippen molar-refractivity contribution in [3.63, 3.8) is 0 Å². The number of ketones is 1. The van der Waals surface area contributed by atoms with Crippen LogP contribution in [-0.2, 0) is 15.9 Å². The molecule has 0 spiro atoms. The minimum atomic E-state index is -0.279. The Morgan fingerprint density at radius 2 is 1.91 bits per heavy atom. The van der Waals surface area contributed by atoms with Gasteiger partial charge in [-0.2, -0.15) is 0 Å². The van der Waals surface area contributed by atoms with Crippen LogP contribution in [0.1, 0.15) is 36.9 Å². The number of rotatable bonds is 2. The van der Waals surface area contributed by atoms with Crippen LogP contribution < -0.4 is 0 Å². The third kappa shape index (κ3) is 1.35. The lowest BCUT2D eigenvalue weighted by atomic mass is 9.78. The molecule has 1 heterocycles. The van der Waals surface area contributed by atoms with E-state index in [-0.39, 0.29) is 9.49 Å². The van der Waals surface area contributed by atoms with Gasteiger partial charge < -0.3 is 4.57 Å². The summed E-state index contributed by atoms with van der Waals surface area (Å²) in [5, 5.41) is 1.34. The molecule has 4 rings (SSSR count). The number of carbonyl (C=O) groups is 1. The van der Waals surface area contributed by atoms with Crippen LogP contribution in [-0.4, -0.2) is 22.9 Å². The summed E-state index contributed by atoms with van der Waals surface area (Å²) in [4.78, 5) is 12.9. The predicted molar refractivity (Wildman–Crippen MR) is 96.7 cm³/mol. The first-order valence-electron chi connectivity index (χ1n) is 7.74. The molecule has 22 heavy (non-hydrogen) atoms. The van der Waals surface area contributed by atoms with Crippen LogP contribution in [0.5, 0.6) is 0 Å². The topological polar surface area (TPSA) is 22.0 Å². The second-order valence-corrected chi connectivity index (χ2v) is 8.88. The van der Waals surface area contributed by atoms with Gasteiger partial charge in [0, 0.05) is 36.0 Å². The van der Waals surface area contributed by atoms with E-state index in [9.17, 15) is 4.79 Å². The average molecular weight is 332 g/mol. The second kappa shape index (κ2) is 4.57. The zero-order valence-electron chi connectivity index (χ0n) is 13.5. The van der Waals surface area contributed by atoms with E-state index >= 15 is 0 Å². The molecule has 0 radical (unpaired) electrons. The quantitative estimate of drug-likeness (QED) is 0.755. The highest BCUT2D eigenvalue weighted by molar-refractivity contribution is 8.17. The molecular formula is C18H21NOS2. The Labute approximate surface area is 140 Å². The number of fused-ring (bicyclic) bond motifs is 5. The highest BCUT2D eigenvalue weighted by Gasteiger charge is 2.67. The van der Waals surface area contributed by atoms with Crippen LogP contribution in [0.2, 0.25) is 0 Å². The van der Waals surface area contributed by atoms with Gasteiger partial charge in [0.25, 0.3) is 0 Å². The van der Waals surface area contributed by atoms with E-state index in [4.69, 9.17) is 0 Å². The molecule has 2 aromatic rings. The number of nitrogens with zero attached hydrogens (tertiary/aromatic N) is 1. The fourth-order valence-electron chi connectivity index (χ4n) is 4.98. The first kappa shape index (κ1) is 14.7. The number of carbonyl (C=O) groups excluding carboxylic acids is 1. The van der Waals surface area contributed by atoms with Crippen LogP contribution in [0, 0.1) is 5.41 Å². The normalized spacial score (nSPS) is 29.1. The summed E-state index contributed by atoms with van der Waals surface area (Å²) in [5.41, 5.74) is 3.82. The lowest BCUT2D eigenvalue weighted by Crippen LogP contribution is -2.41. The van der Waals surface area contributed by atoms with Crippen molar-refractivity contribution in [3.8, 4) is 0 Å². The molecule has 1 aromatic carbocycles. The molecule has 1 fully saturated rings. The number of thioether (sulfide) groups is 2. The molecule has 0 N–H and O–H groups in total. The maximum absolute atomic E-state index is 12.9. The van der Waals surface area contributed by atoms with Crippen LogP contribution >= 0.6 is 23.5 Å². The standard InChI is InChI=1S/C18H21NOS2/c1-17-12(9-10-14(17)20)15-11-7-5-6-8-13(11)19(2)16(15)18(17,21-3)22-4/h5-8,12H,9-10H2,1-4H3/t12-,17+/m0/s1. The Balaban J connectivity index is 2.16. The van der Waals surface area contributed by atoms with E-state index in [1.54, 1.807) is 0 Å². The predicted octanol–water partition coefficient (Wildman–Crippen LogP) is 4.52. The molecule has 116 valence electrons. The SMILES string of the molecule is CSC1(SC)c2c(c3ccccc3n2C)[C@@H]2CCC(=O)[C@@]21C. The molecular weight excluding hydrogens is 310 g/mol. The van der Waals surface area contributed by atoms with Crippen LogP contribution in [0.4, 0.5) is 0 Å². The van der Waals surface area contributed by atoms with Gasteiger partial charge in [0.1, 0.15) is 9.86 Å². The lowest BCUT2D eigenvalue weighted by molar-refractivity contribution is -0.125. The van der Waals surface area contributed by atoms with Crippen molar-refractivity contribution < 1.29 is 4.79 Å². The molecule has 4 heteroatoms. The van der Waals surface area contributed by atoms with Crippen molar-refractivity contribution in [2.24, 2.45) is 12.5 Å². The molecule has 1 aromatic heterocycles. The summed E-state index contributed by atoms with van der Waals surface area (Å²) in [5.74, 6) is 0.808. The molecule has 2 atom stereocenters. The Morgan fingerprint density at radius 3 is 2.59 bits per heavy atom. The van der Waals surface area contributed by atoms with Gasteiger partial charge in [-0.1, -0.05) is 18.2 Å². The summed E-state index contributed by atoms with van der Waals surface area (Å²) >= 11 is 3.70. The third-order valence-electron chi connectivity index (χ3n) is 6.00. The van der Waals surface area contributed by atoms with E-state index in [0.717, 1.165) is 12.8 Å². The van der Waals surface area contributed by atoms with Crippen molar-refractivity contribution in [1.29, 1.82) is 0 Å². The maximum atomic E-state index is 12.9. The first-order chi connectivity index (χ1) is 10.5. The monoisotopic (exact) mass is 331 g/mol. The maximum Gasteiger partial charge on any atom is 0.142 e. The molecule has 2 nitrogen and oxygen atoms in total. The van der Waals surface area contributed by atoms with Crippen molar-refractivity contribution >= 4 is 40.2 Å². The van der Waals surface area contributed by atoms with Crippen LogP contribution in [0.15, 0.2) is 24.3 Å². The number of aromatic nitrogens is 1. The number of aryl methyl sites for hydroxylation is 1. The van der Waals surface area contributed by atoms with Gasteiger partial charge in [-0.15, -0.1) is 23.5 Å². The van der Waals surface area contributed by atoms with Crippen molar-refractivity contribution in [2.45, 2.75) is 29.8 Å². The van der Waals surface area contributed by atoms with E-state index in [1.165, 1.54) is 22.2 Å². The zero-order valence-corrected chi connectivity index (χ0v) is 15.1. The van der Waals surface area contributed by atoms with Gasteiger partial charge in [0.05, 0.1) is 5.41 Å². The Bertz CT molecular complexity index is 790. The van der Waals surface area contributed by atoms with Gasteiger partial charge in [0.15, 0.2) is 0 Å². The highest BCUT2D eigenvalue weighted by Crippen LogP contribution is 2.72. The minimum Gasteiger partial charge on any atom is -0.345 e. The van der Waals surface area contributed by atoms with E-state index < -0.39 is 0 Å². The van der Waals surface area contributed by atoms with E-state index in [0.29, 0.717) is 11.7 Å².